The number of halogens is 2. The highest BCUT2D eigenvalue weighted by Crippen LogP contribution is 2.37. The van der Waals surface area contributed by atoms with Crippen molar-refractivity contribution in [2.75, 3.05) is 24.4 Å². The molecule has 0 spiro atoms. The van der Waals surface area contributed by atoms with Gasteiger partial charge in [-0.2, -0.15) is 4.98 Å². The molecule has 2 aliphatic rings. The third-order valence-electron chi connectivity index (χ3n) is 7.25. The van der Waals surface area contributed by atoms with Gasteiger partial charge >= 0.3 is 0 Å². The van der Waals surface area contributed by atoms with Crippen LogP contribution in [0.15, 0.2) is 24.4 Å². The fourth-order valence-corrected chi connectivity index (χ4v) is 5.33. The van der Waals surface area contributed by atoms with Gasteiger partial charge in [0, 0.05) is 25.8 Å². The van der Waals surface area contributed by atoms with E-state index in [1.165, 1.54) is 18.2 Å². The van der Waals surface area contributed by atoms with Crippen molar-refractivity contribution in [1.82, 2.24) is 19.5 Å². The second-order valence-corrected chi connectivity index (χ2v) is 9.71. The monoisotopic (exact) mass is 502 g/mol. The molecule has 0 atom stereocenters. The molecule has 8 nitrogen and oxygen atoms in total. The van der Waals surface area contributed by atoms with Gasteiger partial charge in [0.15, 0.2) is 5.65 Å². The summed E-state index contributed by atoms with van der Waals surface area (Å²) in [6, 6.07) is 4.05. The lowest BCUT2D eigenvalue weighted by atomic mass is 9.86. The lowest BCUT2D eigenvalue weighted by molar-refractivity contribution is 0.121. The molecule has 196 valence electrons. The highest BCUT2D eigenvalue weighted by atomic mass is 19.1. The maximum absolute atomic E-state index is 14.4. The van der Waals surface area contributed by atoms with Gasteiger partial charge in [0.25, 0.3) is 0 Å². The van der Waals surface area contributed by atoms with Crippen molar-refractivity contribution in [3.8, 4) is 0 Å². The van der Waals surface area contributed by atoms with Crippen LogP contribution in [0.3, 0.4) is 0 Å². The molecule has 3 N–H and O–H groups in total. The van der Waals surface area contributed by atoms with Crippen molar-refractivity contribution in [2.24, 2.45) is 5.92 Å². The van der Waals surface area contributed by atoms with E-state index in [0.717, 1.165) is 58.0 Å². The predicted octanol–water partition coefficient (Wildman–Crippen LogP) is 5.58. The molecular weight excluding hydrogens is 466 g/mol. The Hall–Kier alpha value is -2.85. The minimum absolute atomic E-state index is 0. The van der Waals surface area contributed by atoms with E-state index in [9.17, 15) is 13.9 Å². The molecule has 0 unspecified atom stereocenters. The van der Waals surface area contributed by atoms with Crippen molar-refractivity contribution in [3.63, 3.8) is 0 Å². The van der Waals surface area contributed by atoms with Crippen molar-refractivity contribution in [1.29, 1.82) is 0 Å². The van der Waals surface area contributed by atoms with Crippen LogP contribution in [0.4, 0.5) is 26.4 Å². The molecule has 0 radical (unpaired) electrons. The van der Waals surface area contributed by atoms with Gasteiger partial charge in [-0.15, -0.1) is 0 Å². The van der Waals surface area contributed by atoms with E-state index in [4.69, 9.17) is 9.72 Å². The SMILES string of the molecule is C.COCC1CCC(n2c(Nc3c(F)cccc3F)nc3cnc(NC4CCC(O)CC4)nc32)CC1. The van der Waals surface area contributed by atoms with Crippen LogP contribution >= 0.6 is 0 Å². The van der Waals surface area contributed by atoms with Gasteiger partial charge in [-0.25, -0.2) is 18.7 Å². The van der Waals surface area contributed by atoms with Crippen LogP contribution in [0.1, 0.15) is 64.8 Å². The fraction of sp³-hybridized carbons (Fsp3) is 0.577. The third-order valence-corrected chi connectivity index (χ3v) is 7.25. The first-order valence-electron chi connectivity index (χ1n) is 12.4. The molecule has 0 amide bonds. The molecule has 2 fully saturated rings. The topological polar surface area (TPSA) is 97.1 Å². The Balaban J connectivity index is 0.00000304. The van der Waals surface area contributed by atoms with E-state index in [2.05, 4.69) is 20.6 Å². The number of benzene rings is 1. The Morgan fingerprint density at radius 3 is 2.39 bits per heavy atom. The number of anilines is 3. The average Bonchev–Trinajstić information content (AvgIpc) is 3.21. The van der Waals surface area contributed by atoms with E-state index in [1.54, 1.807) is 13.3 Å². The first-order chi connectivity index (χ1) is 17.0. The minimum Gasteiger partial charge on any atom is -0.393 e. The van der Waals surface area contributed by atoms with Gasteiger partial charge in [-0.3, -0.25) is 4.57 Å². The second kappa shape index (κ2) is 11.5. The van der Waals surface area contributed by atoms with Gasteiger partial charge in [0.1, 0.15) is 22.8 Å². The number of imidazole rings is 1. The van der Waals surface area contributed by atoms with E-state index in [1.807, 2.05) is 4.57 Å². The molecular formula is C26H36F2N6O2. The summed E-state index contributed by atoms with van der Waals surface area (Å²) in [5.74, 6) is -0.0104. The number of fused-ring (bicyclic) bond motifs is 1. The van der Waals surface area contributed by atoms with E-state index in [-0.39, 0.29) is 31.3 Å². The van der Waals surface area contributed by atoms with Gasteiger partial charge in [-0.05, 0) is 69.4 Å². The molecule has 36 heavy (non-hydrogen) atoms. The number of rotatable bonds is 7. The lowest BCUT2D eigenvalue weighted by Gasteiger charge is -2.30. The highest BCUT2D eigenvalue weighted by Gasteiger charge is 2.28. The molecule has 2 heterocycles. The molecule has 2 aliphatic carbocycles. The van der Waals surface area contributed by atoms with Crippen molar-refractivity contribution in [3.05, 3.63) is 36.0 Å². The van der Waals surface area contributed by atoms with Gasteiger partial charge in [-0.1, -0.05) is 13.5 Å². The number of hydrogen-bond donors (Lipinski definition) is 3. The summed E-state index contributed by atoms with van der Waals surface area (Å²) in [4.78, 5) is 13.9. The molecule has 1 aromatic carbocycles. The maximum Gasteiger partial charge on any atom is 0.224 e. The van der Waals surface area contributed by atoms with Crippen LogP contribution in [-0.4, -0.2) is 50.5 Å². The number of methoxy groups -OCH3 is 1. The highest BCUT2D eigenvalue weighted by molar-refractivity contribution is 5.76. The number of nitrogens with one attached hydrogen (secondary N) is 2. The van der Waals surface area contributed by atoms with Gasteiger partial charge in [0.2, 0.25) is 11.9 Å². The van der Waals surface area contributed by atoms with Crippen molar-refractivity contribution >= 4 is 28.7 Å². The lowest BCUT2D eigenvalue weighted by Crippen LogP contribution is -2.29. The summed E-state index contributed by atoms with van der Waals surface area (Å²) >= 11 is 0. The minimum atomic E-state index is -0.680. The fourth-order valence-electron chi connectivity index (χ4n) is 5.33. The molecule has 2 saturated carbocycles. The Morgan fingerprint density at radius 1 is 1.03 bits per heavy atom. The Morgan fingerprint density at radius 2 is 1.72 bits per heavy atom. The summed E-state index contributed by atoms with van der Waals surface area (Å²) < 4.78 is 36.2. The predicted molar refractivity (Wildman–Crippen MR) is 136 cm³/mol. The number of hydrogen-bond acceptors (Lipinski definition) is 7. The van der Waals surface area contributed by atoms with Crippen LogP contribution in [0, 0.1) is 17.6 Å². The number of ether oxygens (including phenoxy) is 1. The quantitative estimate of drug-likeness (QED) is 0.388. The zero-order valence-electron chi connectivity index (χ0n) is 19.9. The van der Waals surface area contributed by atoms with Crippen LogP contribution in [0.5, 0.6) is 0 Å². The number of aliphatic hydroxyl groups is 1. The molecule has 0 saturated heterocycles. The summed E-state index contributed by atoms with van der Waals surface area (Å²) in [5, 5.41) is 16.1. The third kappa shape index (κ3) is 5.59. The zero-order valence-corrected chi connectivity index (χ0v) is 19.9. The smallest absolute Gasteiger partial charge is 0.224 e. The van der Waals surface area contributed by atoms with Gasteiger partial charge in [0.05, 0.1) is 12.3 Å². The van der Waals surface area contributed by atoms with E-state index < -0.39 is 11.6 Å². The number of aliphatic hydroxyl groups excluding tert-OH is 1. The number of aromatic nitrogens is 4. The van der Waals surface area contributed by atoms with E-state index >= 15 is 0 Å². The Bertz CT molecular complexity index is 1140. The van der Waals surface area contributed by atoms with Gasteiger partial charge < -0.3 is 20.5 Å². The number of para-hydroxylation sites is 1. The summed E-state index contributed by atoms with van der Waals surface area (Å²) in [6.07, 6.45) is 8.39. The zero-order chi connectivity index (χ0) is 24.4. The first-order valence-corrected chi connectivity index (χ1v) is 12.4. The largest absolute Gasteiger partial charge is 0.393 e. The van der Waals surface area contributed by atoms with Crippen molar-refractivity contribution < 1.29 is 18.6 Å². The molecule has 10 heteroatoms. The molecule has 2 aromatic heterocycles. The summed E-state index contributed by atoms with van der Waals surface area (Å²) in [7, 11) is 1.72. The van der Waals surface area contributed by atoms with Crippen LogP contribution < -0.4 is 10.6 Å². The van der Waals surface area contributed by atoms with Crippen LogP contribution in [0.25, 0.3) is 11.2 Å². The molecule has 3 aromatic rings. The summed E-state index contributed by atoms with van der Waals surface area (Å²) in [5.41, 5.74) is 0.963. The second-order valence-electron chi connectivity index (χ2n) is 9.71. The maximum atomic E-state index is 14.4. The Labute approximate surface area is 210 Å². The van der Waals surface area contributed by atoms with Crippen molar-refractivity contribution in [2.45, 2.75) is 77.0 Å². The normalized spacial score (nSPS) is 24.3. The standard InChI is InChI=1S/C25H32F2N6O2.CH4/c1-35-14-15-5-9-17(10-6-15)33-23-21(30-25(33)31-22-19(26)3-2-4-20(22)27)13-28-24(32-23)29-16-7-11-18(34)12-8-16;/h2-4,13,15-18,34H,5-12,14H2,1H3,(H,30,31)(H,28,29,32);1H4. The van der Waals surface area contributed by atoms with Crippen LogP contribution in [-0.2, 0) is 4.74 Å². The van der Waals surface area contributed by atoms with E-state index in [0.29, 0.717) is 29.0 Å². The average molecular weight is 503 g/mol. The first kappa shape index (κ1) is 26.2. The molecule has 5 rings (SSSR count). The number of nitrogens with zero attached hydrogens (tertiary/aromatic N) is 4. The molecule has 0 bridgehead atoms. The molecule has 0 aliphatic heterocycles. The van der Waals surface area contributed by atoms with Crippen LogP contribution in [0.2, 0.25) is 0 Å². The Kier molecular flexibility index (Phi) is 8.35. The summed E-state index contributed by atoms with van der Waals surface area (Å²) in [6.45, 7) is 0.731.